The number of hydrogen-bond donors (Lipinski definition) is 2. The predicted octanol–water partition coefficient (Wildman–Crippen LogP) is 0.711. The van der Waals surface area contributed by atoms with Crippen molar-refractivity contribution in [2.45, 2.75) is 13.0 Å². The first kappa shape index (κ1) is 15.9. The molecule has 19 heavy (non-hydrogen) atoms. The summed E-state index contributed by atoms with van der Waals surface area (Å²) >= 11 is 0. The van der Waals surface area contributed by atoms with E-state index in [9.17, 15) is 16.8 Å². The Labute approximate surface area is 114 Å². The van der Waals surface area contributed by atoms with E-state index in [1.165, 1.54) is 0 Å². The molecule has 1 aromatic rings. The smallest absolute Gasteiger partial charge is 0.247 e. The van der Waals surface area contributed by atoms with Gasteiger partial charge in [-0.2, -0.15) is 0 Å². The maximum absolute atomic E-state index is 11.7. The van der Waals surface area contributed by atoms with Crippen LogP contribution in [0.5, 0.6) is 0 Å². The van der Waals surface area contributed by atoms with Gasteiger partial charge in [-0.1, -0.05) is 12.1 Å². The summed E-state index contributed by atoms with van der Waals surface area (Å²) in [4.78, 5) is 0. The van der Waals surface area contributed by atoms with Crippen molar-refractivity contribution in [2.75, 3.05) is 23.1 Å². The minimum absolute atomic E-state index is 0.0689. The first-order chi connectivity index (χ1) is 8.63. The van der Waals surface area contributed by atoms with E-state index in [0.717, 1.165) is 11.8 Å². The van der Waals surface area contributed by atoms with Crippen LogP contribution >= 0.6 is 0 Å². The zero-order chi connectivity index (χ0) is 14.7. The minimum Gasteiger partial charge on any atom is -0.313 e. The highest BCUT2D eigenvalue weighted by molar-refractivity contribution is 8.08. The first-order valence-electron chi connectivity index (χ1n) is 5.58. The van der Waals surface area contributed by atoms with Crippen LogP contribution in [0.25, 0.3) is 0 Å². The molecule has 0 radical (unpaired) electrons. The number of rotatable bonds is 6. The highest BCUT2D eigenvalue weighted by atomic mass is 32.3. The Morgan fingerprint density at radius 3 is 2.37 bits per heavy atom. The number of anilines is 1. The number of sulfone groups is 1. The minimum atomic E-state index is -3.90. The van der Waals surface area contributed by atoms with Gasteiger partial charge in [0.05, 0.1) is 0 Å². The number of sulfonamides is 1. The SMILES string of the molecule is CNC(C)c1cccc(NS(=O)(=O)CS(C)(=O)=O)c1. The van der Waals surface area contributed by atoms with Gasteiger partial charge in [0.25, 0.3) is 0 Å². The molecule has 0 saturated heterocycles. The van der Waals surface area contributed by atoms with Crippen LogP contribution in [0.15, 0.2) is 24.3 Å². The molecule has 6 nitrogen and oxygen atoms in total. The van der Waals surface area contributed by atoms with E-state index in [-0.39, 0.29) is 6.04 Å². The van der Waals surface area contributed by atoms with E-state index >= 15 is 0 Å². The summed E-state index contributed by atoms with van der Waals surface area (Å²) in [5.41, 5.74) is 1.25. The van der Waals surface area contributed by atoms with Gasteiger partial charge in [-0.15, -0.1) is 0 Å². The Hall–Kier alpha value is -1.12. The van der Waals surface area contributed by atoms with Crippen LogP contribution in [0.3, 0.4) is 0 Å². The molecule has 108 valence electrons. The second kappa shape index (κ2) is 5.89. The molecular formula is C11H18N2O4S2. The molecule has 0 amide bonds. The van der Waals surface area contributed by atoms with Gasteiger partial charge in [0.1, 0.15) is 0 Å². The molecule has 0 spiro atoms. The second-order valence-electron chi connectivity index (χ2n) is 4.40. The summed E-state index contributed by atoms with van der Waals surface area (Å²) in [7, 11) is -5.70. The molecule has 1 rings (SSSR count). The lowest BCUT2D eigenvalue weighted by Gasteiger charge is -2.13. The van der Waals surface area contributed by atoms with Gasteiger partial charge in [0.15, 0.2) is 14.9 Å². The predicted molar refractivity (Wildman–Crippen MR) is 76.2 cm³/mol. The van der Waals surface area contributed by atoms with E-state index in [2.05, 4.69) is 10.0 Å². The second-order valence-corrected chi connectivity index (χ2v) is 8.62. The van der Waals surface area contributed by atoms with E-state index in [1.54, 1.807) is 25.2 Å². The molecule has 1 atom stereocenters. The molecule has 2 N–H and O–H groups in total. The van der Waals surface area contributed by atoms with Crippen LogP contribution in [-0.2, 0) is 19.9 Å². The molecule has 0 aliphatic heterocycles. The Bertz CT molecular complexity index is 638. The van der Waals surface area contributed by atoms with Crippen LogP contribution in [0.1, 0.15) is 18.5 Å². The van der Waals surface area contributed by atoms with Crippen LogP contribution in [-0.4, -0.2) is 35.2 Å². The standard InChI is InChI=1S/C11H18N2O4S2/c1-9(12-2)10-5-4-6-11(7-10)13-19(16,17)8-18(3,14)15/h4-7,9,12-13H,8H2,1-3H3. The third kappa shape index (κ3) is 5.58. The van der Waals surface area contributed by atoms with Gasteiger partial charge in [-0.25, -0.2) is 16.8 Å². The first-order valence-corrected chi connectivity index (χ1v) is 9.30. The zero-order valence-corrected chi connectivity index (χ0v) is 12.7. The summed E-state index contributed by atoms with van der Waals surface area (Å²) in [5.74, 6) is 0. The molecule has 0 heterocycles. The summed E-state index contributed by atoms with van der Waals surface area (Å²) in [6.45, 7) is 1.93. The van der Waals surface area contributed by atoms with Crippen molar-refractivity contribution >= 4 is 25.5 Å². The normalized spacial score (nSPS) is 14.1. The van der Waals surface area contributed by atoms with Gasteiger partial charge >= 0.3 is 0 Å². The average molecular weight is 306 g/mol. The maximum Gasteiger partial charge on any atom is 0.247 e. The van der Waals surface area contributed by atoms with Crippen LogP contribution < -0.4 is 10.0 Å². The van der Waals surface area contributed by atoms with E-state index in [1.807, 2.05) is 13.0 Å². The van der Waals surface area contributed by atoms with Crippen molar-refractivity contribution < 1.29 is 16.8 Å². The molecule has 0 aromatic heterocycles. The van der Waals surface area contributed by atoms with Crippen LogP contribution in [0, 0.1) is 0 Å². The lowest BCUT2D eigenvalue weighted by atomic mass is 10.1. The molecule has 0 aliphatic rings. The van der Waals surface area contributed by atoms with Crippen LogP contribution in [0.4, 0.5) is 5.69 Å². The summed E-state index contributed by atoms with van der Waals surface area (Å²) in [6, 6.07) is 6.88. The van der Waals surface area contributed by atoms with E-state index < -0.39 is 24.9 Å². The molecule has 1 unspecified atom stereocenters. The number of hydrogen-bond acceptors (Lipinski definition) is 5. The van der Waals surface area contributed by atoms with Gasteiger partial charge in [-0.3, -0.25) is 4.72 Å². The maximum atomic E-state index is 11.7. The lowest BCUT2D eigenvalue weighted by molar-refractivity contribution is 0.595. The van der Waals surface area contributed by atoms with Crippen molar-refractivity contribution in [3.05, 3.63) is 29.8 Å². The molecule has 0 bridgehead atoms. The molecule has 0 saturated carbocycles. The fraction of sp³-hybridized carbons (Fsp3) is 0.455. The monoisotopic (exact) mass is 306 g/mol. The summed E-state index contributed by atoms with van der Waals surface area (Å²) in [5, 5.41) is 2.11. The van der Waals surface area contributed by atoms with Gasteiger partial charge in [0, 0.05) is 18.0 Å². The summed E-state index contributed by atoms with van der Waals surface area (Å²) < 4.78 is 47.6. The number of benzene rings is 1. The third-order valence-corrected chi connectivity index (χ3v) is 5.96. The van der Waals surface area contributed by atoms with Crippen molar-refractivity contribution in [1.29, 1.82) is 0 Å². The fourth-order valence-corrected chi connectivity index (χ4v) is 4.51. The van der Waals surface area contributed by atoms with Crippen molar-refractivity contribution in [2.24, 2.45) is 0 Å². The van der Waals surface area contributed by atoms with E-state index in [4.69, 9.17) is 0 Å². The Kier molecular flexibility index (Phi) is 4.94. The zero-order valence-electron chi connectivity index (χ0n) is 11.0. The molecule has 8 heteroatoms. The molecule has 1 aromatic carbocycles. The van der Waals surface area contributed by atoms with Crippen molar-refractivity contribution in [1.82, 2.24) is 5.32 Å². The Morgan fingerprint density at radius 2 is 1.84 bits per heavy atom. The van der Waals surface area contributed by atoms with Gasteiger partial charge in [0.2, 0.25) is 10.0 Å². The van der Waals surface area contributed by atoms with Crippen LogP contribution in [0.2, 0.25) is 0 Å². The van der Waals surface area contributed by atoms with Gasteiger partial charge in [-0.05, 0) is 31.7 Å². The van der Waals surface area contributed by atoms with Crippen molar-refractivity contribution in [3.8, 4) is 0 Å². The average Bonchev–Trinajstić information content (AvgIpc) is 2.24. The molecular weight excluding hydrogens is 288 g/mol. The largest absolute Gasteiger partial charge is 0.313 e. The number of nitrogens with one attached hydrogen (secondary N) is 2. The quantitative estimate of drug-likeness (QED) is 0.807. The van der Waals surface area contributed by atoms with E-state index in [0.29, 0.717) is 5.69 Å². The Balaban J connectivity index is 2.94. The third-order valence-electron chi connectivity index (χ3n) is 2.46. The van der Waals surface area contributed by atoms with Gasteiger partial charge < -0.3 is 5.32 Å². The highest BCUT2D eigenvalue weighted by Crippen LogP contribution is 2.18. The molecule has 0 aliphatic carbocycles. The fourth-order valence-electron chi connectivity index (χ4n) is 1.53. The highest BCUT2D eigenvalue weighted by Gasteiger charge is 2.18. The summed E-state index contributed by atoms with van der Waals surface area (Å²) in [6.07, 6.45) is 0.881. The molecule has 0 fully saturated rings. The topological polar surface area (TPSA) is 92.3 Å². The lowest BCUT2D eigenvalue weighted by Crippen LogP contribution is -2.22. The Morgan fingerprint density at radius 1 is 1.21 bits per heavy atom. The van der Waals surface area contributed by atoms with Crippen molar-refractivity contribution in [3.63, 3.8) is 0 Å².